The van der Waals surface area contributed by atoms with E-state index in [-0.39, 0.29) is 6.04 Å². The Morgan fingerprint density at radius 2 is 2.17 bits per heavy atom. The molecule has 1 unspecified atom stereocenters. The fraction of sp³-hybridized carbons (Fsp3) is 0.462. The second-order valence-corrected chi connectivity index (χ2v) is 4.21. The van der Waals surface area contributed by atoms with Crippen LogP contribution in [0.1, 0.15) is 25.8 Å². The van der Waals surface area contributed by atoms with E-state index in [1.54, 1.807) is 0 Å². The second-order valence-electron chi connectivity index (χ2n) is 4.21. The molecule has 0 saturated heterocycles. The van der Waals surface area contributed by atoms with Crippen LogP contribution in [0.5, 0.6) is 0 Å². The highest BCUT2D eigenvalue weighted by Crippen LogP contribution is 2.09. The molecule has 0 fully saturated rings. The largest absolute Gasteiger partial charge is 0.370 e. The van der Waals surface area contributed by atoms with Gasteiger partial charge in [-0.2, -0.15) is 0 Å². The van der Waals surface area contributed by atoms with Crippen molar-refractivity contribution < 1.29 is 8.78 Å². The molecule has 1 aromatic rings. The predicted molar refractivity (Wildman–Crippen MR) is 69.4 cm³/mol. The van der Waals surface area contributed by atoms with Crippen molar-refractivity contribution in [2.45, 2.75) is 32.7 Å². The van der Waals surface area contributed by atoms with Crippen molar-refractivity contribution in [3.05, 3.63) is 35.4 Å². The topological polar surface area (TPSA) is 50.4 Å². The van der Waals surface area contributed by atoms with Crippen molar-refractivity contribution in [1.82, 2.24) is 5.32 Å². The van der Waals surface area contributed by atoms with Gasteiger partial charge in [-0.3, -0.25) is 4.99 Å². The third-order valence-corrected chi connectivity index (χ3v) is 2.69. The van der Waals surface area contributed by atoms with E-state index in [1.165, 1.54) is 12.1 Å². The number of aliphatic imine (C=N–C) groups is 1. The Morgan fingerprint density at radius 1 is 1.44 bits per heavy atom. The average Bonchev–Trinajstić information content (AvgIpc) is 2.31. The van der Waals surface area contributed by atoms with Gasteiger partial charge in [0.1, 0.15) is 11.6 Å². The van der Waals surface area contributed by atoms with Crippen molar-refractivity contribution in [3.8, 4) is 0 Å². The van der Waals surface area contributed by atoms with Crippen molar-refractivity contribution in [2.24, 2.45) is 10.7 Å². The number of guanidine groups is 1. The smallest absolute Gasteiger partial charge is 0.188 e. The Kier molecular flexibility index (Phi) is 5.55. The van der Waals surface area contributed by atoms with Crippen LogP contribution in [0.25, 0.3) is 0 Å². The maximum Gasteiger partial charge on any atom is 0.188 e. The number of nitrogens with two attached hydrogens (primary N) is 1. The zero-order chi connectivity index (χ0) is 13.5. The molecule has 18 heavy (non-hydrogen) atoms. The van der Waals surface area contributed by atoms with E-state index in [0.29, 0.717) is 24.5 Å². The molecular formula is C13H19F2N3. The number of benzene rings is 1. The summed E-state index contributed by atoms with van der Waals surface area (Å²) in [6.45, 7) is 4.42. The summed E-state index contributed by atoms with van der Waals surface area (Å²) < 4.78 is 26.0. The summed E-state index contributed by atoms with van der Waals surface area (Å²) in [5, 5.41) is 3.01. The van der Waals surface area contributed by atoms with E-state index in [9.17, 15) is 8.78 Å². The lowest BCUT2D eigenvalue weighted by molar-refractivity contribution is 0.572. The van der Waals surface area contributed by atoms with Crippen LogP contribution in [0, 0.1) is 11.6 Å². The standard InChI is InChI=1S/C13H19F2N3/c1-3-9(2)18-13(16)17-7-6-10-4-5-11(14)8-12(10)15/h4-5,8-9H,3,6-7H2,1-2H3,(H3,16,17,18). The van der Waals surface area contributed by atoms with E-state index in [0.717, 1.165) is 12.5 Å². The van der Waals surface area contributed by atoms with Gasteiger partial charge in [-0.25, -0.2) is 8.78 Å². The van der Waals surface area contributed by atoms with Gasteiger partial charge < -0.3 is 11.1 Å². The molecule has 0 radical (unpaired) electrons. The lowest BCUT2D eigenvalue weighted by atomic mass is 10.1. The zero-order valence-electron chi connectivity index (χ0n) is 10.7. The van der Waals surface area contributed by atoms with Gasteiger partial charge in [0.25, 0.3) is 0 Å². The fourth-order valence-corrected chi connectivity index (χ4v) is 1.42. The summed E-state index contributed by atoms with van der Waals surface area (Å²) in [6, 6.07) is 3.80. The first-order valence-electron chi connectivity index (χ1n) is 6.03. The molecule has 0 aliphatic heterocycles. The Balaban J connectivity index is 2.48. The van der Waals surface area contributed by atoms with Crippen LogP contribution in [0.3, 0.4) is 0 Å². The van der Waals surface area contributed by atoms with Gasteiger partial charge in [-0.1, -0.05) is 13.0 Å². The molecule has 1 rings (SSSR count). The quantitative estimate of drug-likeness (QED) is 0.626. The lowest BCUT2D eigenvalue weighted by Crippen LogP contribution is -2.38. The lowest BCUT2D eigenvalue weighted by Gasteiger charge is -2.11. The summed E-state index contributed by atoms with van der Waals surface area (Å²) in [4.78, 5) is 4.09. The van der Waals surface area contributed by atoms with Crippen molar-refractivity contribution in [1.29, 1.82) is 0 Å². The second kappa shape index (κ2) is 6.93. The van der Waals surface area contributed by atoms with E-state index in [4.69, 9.17) is 5.73 Å². The minimum absolute atomic E-state index is 0.260. The third-order valence-electron chi connectivity index (χ3n) is 2.69. The Morgan fingerprint density at radius 3 is 2.78 bits per heavy atom. The minimum Gasteiger partial charge on any atom is -0.370 e. The molecule has 3 nitrogen and oxygen atoms in total. The van der Waals surface area contributed by atoms with E-state index in [1.807, 2.05) is 13.8 Å². The molecule has 1 aromatic carbocycles. The molecule has 0 aliphatic rings. The highest BCUT2D eigenvalue weighted by atomic mass is 19.1. The van der Waals surface area contributed by atoms with Crippen molar-refractivity contribution >= 4 is 5.96 Å². The SMILES string of the molecule is CCC(C)NC(N)=NCCc1ccc(F)cc1F. The summed E-state index contributed by atoms with van der Waals surface area (Å²) in [6.07, 6.45) is 1.35. The highest BCUT2D eigenvalue weighted by molar-refractivity contribution is 5.78. The maximum atomic E-state index is 13.3. The molecule has 3 N–H and O–H groups in total. The van der Waals surface area contributed by atoms with Gasteiger partial charge in [-0.15, -0.1) is 0 Å². The van der Waals surface area contributed by atoms with Gasteiger partial charge in [0.2, 0.25) is 0 Å². The molecule has 0 spiro atoms. The summed E-state index contributed by atoms with van der Waals surface area (Å²) in [5.74, 6) is -0.761. The molecule has 1 atom stereocenters. The predicted octanol–water partition coefficient (Wildman–Crippen LogP) is 2.21. The van der Waals surface area contributed by atoms with Crippen LogP contribution >= 0.6 is 0 Å². The van der Waals surface area contributed by atoms with Crippen LogP contribution in [0.4, 0.5) is 8.78 Å². The first-order chi connectivity index (χ1) is 8.52. The fourth-order valence-electron chi connectivity index (χ4n) is 1.42. The minimum atomic E-state index is -0.572. The Labute approximate surface area is 106 Å². The van der Waals surface area contributed by atoms with Gasteiger partial charge in [-0.05, 0) is 31.4 Å². The average molecular weight is 255 g/mol. The highest BCUT2D eigenvalue weighted by Gasteiger charge is 2.03. The van der Waals surface area contributed by atoms with Crippen LogP contribution in [-0.2, 0) is 6.42 Å². The maximum absolute atomic E-state index is 13.3. The summed E-state index contributed by atoms with van der Waals surface area (Å²) in [7, 11) is 0. The number of nitrogens with one attached hydrogen (secondary N) is 1. The first-order valence-corrected chi connectivity index (χ1v) is 6.03. The van der Waals surface area contributed by atoms with Crippen molar-refractivity contribution in [3.63, 3.8) is 0 Å². The molecular weight excluding hydrogens is 236 g/mol. The van der Waals surface area contributed by atoms with Gasteiger partial charge in [0.15, 0.2) is 5.96 Å². The number of nitrogens with zero attached hydrogens (tertiary/aromatic N) is 1. The molecule has 100 valence electrons. The molecule has 0 aromatic heterocycles. The van der Waals surface area contributed by atoms with Gasteiger partial charge in [0, 0.05) is 18.7 Å². The molecule has 0 saturated carbocycles. The monoisotopic (exact) mass is 255 g/mol. The van der Waals surface area contributed by atoms with E-state index < -0.39 is 11.6 Å². The summed E-state index contributed by atoms with van der Waals surface area (Å²) in [5.41, 5.74) is 6.10. The molecule has 0 amide bonds. The van der Waals surface area contributed by atoms with Crippen molar-refractivity contribution in [2.75, 3.05) is 6.54 Å². The van der Waals surface area contributed by atoms with Crippen LogP contribution < -0.4 is 11.1 Å². The van der Waals surface area contributed by atoms with Gasteiger partial charge in [0.05, 0.1) is 0 Å². The number of halogens is 2. The number of hydrogen-bond acceptors (Lipinski definition) is 1. The number of rotatable bonds is 5. The Hall–Kier alpha value is -1.65. The summed E-state index contributed by atoms with van der Waals surface area (Å²) >= 11 is 0. The van der Waals surface area contributed by atoms with Gasteiger partial charge >= 0.3 is 0 Å². The van der Waals surface area contributed by atoms with E-state index >= 15 is 0 Å². The van der Waals surface area contributed by atoms with Crippen LogP contribution in [0.15, 0.2) is 23.2 Å². The first kappa shape index (κ1) is 14.4. The molecule has 0 aliphatic carbocycles. The van der Waals surface area contributed by atoms with Crippen LogP contribution in [0.2, 0.25) is 0 Å². The normalized spacial score (nSPS) is 13.4. The molecule has 0 heterocycles. The number of hydrogen-bond donors (Lipinski definition) is 2. The Bertz CT molecular complexity index is 419. The van der Waals surface area contributed by atoms with E-state index in [2.05, 4.69) is 10.3 Å². The molecule has 0 bridgehead atoms. The van der Waals surface area contributed by atoms with Crippen LogP contribution in [-0.4, -0.2) is 18.5 Å². The molecule has 5 heteroatoms. The third kappa shape index (κ3) is 4.69. The zero-order valence-corrected chi connectivity index (χ0v) is 10.7.